The quantitative estimate of drug-likeness (QED) is 0.772. The van der Waals surface area contributed by atoms with Crippen molar-refractivity contribution in [2.75, 3.05) is 14.2 Å². The molecule has 1 aliphatic carbocycles. The molecule has 1 aliphatic rings. The van der Waals surface area contributed by atoms with Crippen molar-refractivity contribution in [1.82, 2.24) is 5.32 Å². The van der Waals surface area contributed by atoms with E-state index >= 15 is 0 Å². The Morgan fingerprint density at radius 3 is 2.80 bits per heavy atom. The summed E-state index contributed by atoms with van der Waals surface area (Å²) >= 11 is 3.64. The molecule has 0 heterocycles. The lowest BCUT2D eigenvalue weighted by Gasteiger charge is -2.21. The molecule has 20 heavy (non-hydrogen) atoms. The van der Waals surface area contributed by atoms with E-state index in [1.165, 1.54) is 31.2 Å². The molecule has 0 saturated carbocycles. The van der Waals surface area contributed by atoms with Crippen LogP contribution in [0, 0.1) is 0 Å². The highest BCUT2D eigenvalue weighted by atomic mass is 79.9. The number of hydrogen-bond donors (Lipinski definition) is 1. The van der Waals surface area contributed by atoms with E-state index in [4.69, 9.17) is 4.74 Å². The fourth-order valence-corrected chi connectivity index (χ4v) is 3.19. The second-order valence-corrected chi connectivity index (χ2v) is 6.31. The Labute approximate surface area is 130 Å². The first-order valence-corrected chi connectivity index (χ1v) is 8.20. The number of hydrogen-bond acceptors (Lipinski definition) is 2. The molecule has 1 aromatic carbocycles. The molecule has 0 bridgehead atoms. The first-order chi connectivity index (χ1) is 9.72. The predicted octanol–water partition coefficient (Wildman–Crippen LogP) is 4.48. The second-order valence-electron chi connectivity index (χ2n) is 5.46. The van der Waals surface area contributed by atoms with E-state index in [1.54, 1.807) is 12.7 Å². The number of rotatable bonds is 6. The third-order valence-electron chi connectivity index (χ3n) is 4.02. The van der Waals surface area contributed by atoms with Crippen LogP contribution in [-0.4, -0.2) is 20.2 Å². The molecule has 1 N–H and O–H groups in total. The van der Waals surface area contributed by atoms with Crippen molar-refractivity contribution >= 4 is 15.9 Å². The Morgan fingerprint density at radius 1 is 1.30 bits per heavy atom. The number of allylic oxidation sites excluding steroid dienone is 1. The molecule has 0 amide bonds. The van der Waals surface area contributed by atoms with E-state index in [1.807, 2.05) is 6.07 Å². The third-order valence-corrected chi connectivity index (χ3v) is 4.79. The van der Waals surface area contributed by atoms with Crippen LogP contribution in [0.15, 0.2) is 34.3 Å². The van der Waals surface area contributed by atoms with Gasteiger partial charge in [0.25, 0.3) is 0 Å². The minimum Gasteiger partial charge on any atom is -0.497 e. The van der Waals surface area contributed by atoms with Crippen molar-refractivity contribution in [3.05, 3.63) is 39.9 Å². The van der Waals surface area contributed by atoms with Crippen LogP contribution in [0.5, 0.6) is 5.75 Å². The summed E-state index contributed by atoms with van der Waals surface area (Å²) in [5.74, 6) is 0.926. The first-order valence-electron chi connectivity index (χ1n) is 7.40. The summed E-state index contributed by atoms with van der Waals surface area (Å²) in [6.07, 6.45) is 9.85. The Kier molecular flexibility index (Phi) is 6.11. The van der Waals surface area contributed by atoms with Gasteiger partial charge in [-0.15, -0.1) is 0 Å². The fraction of sp³-hybridized carbons (Fsp3) is 0.529. The standard InChI is InChI=1S/C17H24BrNO/c1-19-15(10-13-6-4-3-5-7-13)11-14-12-16(20-2)8-9-17(14)18/h6,8-9,12,15,19H,3-5,7,10-11H2,1-2H3. The van der Waals surface area contributed by atoms with Crippen molar-refractivity contribution in [1.29, 1.82) is 0 Å². The van der Waals surface area contributed by atoms with Crippen molar-refractivity contribution in [3.8, 4) is 5.75 Å². The van der Waals surface area contributed by atoms with Crippen LogP contribution in [0.2, 0.25) is 0 Å². The van der Waals surface area contributed by atoms with Crippen LogP contribution in [0.1, 0.15) is 37.7 Å². The molecule has 110 valence electrons. The lowest BCUT2D eigenvalue weighted by Crippen LogP contribution is -2.28. The molecule has 0 aliphatic heterocycles. The molecule has 0 aromatic heterocycles. The SMILES string of the molecule is CNC(CC1=CCCCC1)Cc1cc(OC)ccc1Br. The zero-order valence-corrected chi connectivity index (χ0v) is 14.0. The normalized spacial score (nSPS) is 16.6. The van der Waals surface area contributed by atoms with Crippen molar-refractivity contribution in [2.24, 2.45) is 0 Å². The average Bonchev–Trinajstić information content (AvgIpc) is 2.49. The van der Waals surface area contributed by atoms with Gasteiger partial charge in [-0.2, -0.15) is 0 Å². The number of nitrogens with one attached hydrogen (secondary N) is 1. The van der Waals surface area contributed by atoms with Crippen LogP contribution < -0.4 is 10.1 Å². The molecule has 0 fully saturated rings. The topological polar surface area (TPSA) is 21.3 Å². The lowest BCUT2D eigenvalue weighted by atomic mass is 9.92. The highest BCUT2D eigenvalue weighted by Crippen LogP contribution is 2.26. The first kappa shape index (κ1) is 15.6. The monoisotopic (exact) mass is 337 g/mol. The maximum Gasteiger partial charge on any atom is 0.119 e. The summed E-state index contributed by atoms with van der Waals surface area (Å²) in [7, 11) is 3.78. The van der Waals surface area contributed by atoms with E-state index in [0.717, 1.165) is 23.1 Å². The van der Waals surface area contributed by atoms with E-state index in [-0.39, 0.29) is 0 Å². The van der Waals surface area contributed by atoms with Gasteiger partial charge in [0.1, 0.15) is 5.75 Å². The van der Waals surface area contributed by atoms with Crippen molar-refractivity contribution in [3.63, 3.8) is 0 Å². The van der Waals surface area contributed by atoms with Crippen LogP contribution >= 0.6 is 15.9 Å². The number of benzene rings is 1. The maximum absolute atomic E-state index is 5.32. The number of likely N-dealkylation sites (N-methyl/N-ethyl adjacent to an activating group) is 1. The summed E-state index contributed by atoms with van der Waals surface area (Å²) < 4.78 is 6.49. The van der Waals surface area contributed by atoms with E-state index in [9.17, 15) is 0 Å². The Bertz CT molecular complexity index is 470. The van der Waals surface area contributed by atoms with Gasteiger partial charge in [-0.3, -0.25) is 0 Å². The second kappa shape index (κ2) is 7.84. The van der Waals surface area contributed by atoms with E-state index < -0.39 is 0 Å². The smallest absolute Gasteiger partial charge is 0.119 e. The molecular formula is C17H24BrNO. The molecule has 2 rings (SSSR count). The van der Waals surface area contributed by atoms with E-state index in [2.05, 4.69) is 46.5 Å². The average molecular weight is 338 g/mol. The summed E-state index contributed by atoms with van der Waals surface area (Å²) in [6.45, 7) is 0. The summed E-state index contributed by atoms with van der Waals surface area (Å²) in [6, 6.07) is 6.68. The zero-order valence-electron chi connectivity index (χ0n) is 12.4. The zero-order chi connectivity index (χ0) is 14.4. The van der Waals surface area contributed by atoms with Gasteiger partial charge in [0, 0.05) is 10.5 Å². The number of ether oxygens (including phenoxy) is 1. The van der Waals surface area contributed by atoms with Gasteiger partial charge >= 0.3 is 0 Å². The van der Waals surface area contributed by atoms with Crippen LogP contribution in [0.4, 0.5) is 0 Å². The fourth-order valence-electron chi connectivity index (χ4n) is 2.78. The van der Waals surface area contributed by atoms with Crippen LogP contribution in [-0.2, 0) is 6.42 Å². The van der Waals surface area contributed by atoms with Gasteiger partial charge in [-0.05, 0) is 69.3 Å². The van der Waals surface area contributed by atoms with Gasteiger partial charge in [-0.25, -0.2) is 0 Å². The molecule has 0 spiro atoms. The Morgan fingerprint density at radius 2 is 2.15 bits per heavy atom. The largest absolute Gasteiger partial charge is 0.497 e. The molecule has 0 saturated heterocycles. The minimum atomic E-state index is 0.489. The Balaban J connectivity index is 2.03. The maximum atomic E-state index is 5.32. The van der Waals surface area contributed by atoms with Crippen molar-refractivity contribution < 1.29 is 4.74 Å². The molecule has 2 nitrogen and oxygen atoms in total. The Hall–Kier alpha value is -0.800. The van der Waals surface area contributed by atoms with Gasteiger partial charge < -0.3 is 10.1 Å². The number of halogens is 1. The van der Waals surface area contributed by atoms with Gasteiger partial charge in [0.05, 0.1) is 7.11 Å². The van der Waals surface area contributed by atoms with Crippen LogP contribution in [0.25, 0.3) is 0 Å². The van der Waals surface area contributed by atoms with Crippen LogP contribution in [0.3, 0.4) is 0 Å². The predicted molar refractivity (Wildman–Crippen MR) is 88.4 cm³/mol. The summed E-state index contributed by atoms with van der Waals surface area (Å²) in [4.78, 5) is 0. The molecule has 1 atom stereocenters. The highest BCUT2D eigenvalue weighted by molar-refractivity contribution is 9.10. The molecule has 0 radical (unpaired) electrons. The minimum absolute atomic E-state index is 0.489. The highest BCUT2D eigenvalue weighted by Gasteiger charge is 2.14. The summed E-state index contributed by atoms with van der Waals surface area (Å²) in [5.41, 5.74) is 2.93. The molecule has 1 aromatic rings. The lowest BCUT2D eigenvalue weighted by molar-refractivity contribution is 0.413. The molecular weight excluding hydrogens is 314 g/mol. The summed E-state index contributed by atoms with van der Waals surface area (Å²) in [5, 5.41) is 3.46. The van der Waals surface area contributed by atoms with Gasteiger partial charge in [0.15, 0.2) is 0 Å². The van der Waals surface area contributed by atoms with Crippen molar-refractivity contribution in [2.45, 2.75) is 44.6 Å². The van der Waals surface area contributed by atoms with Gasteiger partial charge in [0.2, 0.25) is 0 Å². The van der Waals surface area contributed by atoms with Gasteiger partial charge in [-0.1, -0.05) is 27.6 Å². The molecule has 3 heteroatoms. The van der Waals surface area contributed by atoms with E-state index in [0.29, 0.717) is 6.04 Å². The third kappa shape index (κ3) is 4.35. The molecule has 1 unspecified atom stereocenters. The number of methoxy groups -OCH3 is 1.